The lowest BCUT2D eigenvalue weighted by molar-refractivity contribution is -0.122. The summed E-state index contributed by atoms with van der Waals surface area (Å²) < 4.78 is 12.8. The zero-order valence-corrected chi connectivity index (χ0v) is 24.4. The van der Waals surface area contributed by atoms with Crippen molar-refractivity contribution in [1.82, 2.24) is 20.4 Å². The SMILES string of the molecule is CC(C)COc1c(C(=O)N[C@H]2C3CCCC(C3)CC2COC(N)=O)cnn1/C=C/C(C)(C)NC(=O)CC(C)C. The number of nitrogens with one attached hydrogen (secondary N) is 2. The Kier molecular flexibility index (Phi) is 10.4. The molecular weight excluding hydrogens is 498 g/mol. The van der Waals surface area contributed by atoms with E-state index >= 15 is 0 Å². The van der Waals surface area contributed by atoms with Crippen LogP contribution in [0.2, 0.25) is 0 Å². The van der Waals surface area contributed by atoms with Crippen LogP contribution in [0.4, 0.5) is 4.79 Å². The minimum atomic E-state index is -0.795. The van der Waals surface area contributed by atoms with Crippen LogP contribution in [0.25, 0.3) is 6.20 Å². The van der Waals surface area contributed by atoms with E-state index in [-0.39, 0.29) is 42.2 Å². The number of nitrogens with zero attached hydrogens (tertiary/aromatic N) is 2. The van der Waals surface area contributed by atoms with Crippen molar-refractivity contribution in [2.75, 3.05) is 13.2 Å². The Morgan fingerprint density at radius 2 is 1.92 bits per heavy atom. The first-order valence-corrected chi connectivity index (χ1v) is 14.3. The lowest BCUT2D eigenvalue weighted by Crippen LogP contribution is -2.52. The number of primary amides is 1. The van der Waals surface area contributed by atoms with Crippen LogP contribution < -0.4 is 21.1 Å². The van der Waals surface area contributed by atoms with Crippen LogP contribution in [-0.4, -0.2) is 52.5 Å². The Balaban J connectivity index is 1.80. The number of carbonyl (C=O) groups is 3. The third-order valence-corrected chi connectivity index (χ3v) is 7.45. The van der Waals surface area contributed by atoms with Crippen molar-refractivity contribution in [1.29, 1.82) is 0 Å². The molecule has 2 aliphatic carbocycles. The van der Waals surface area contributed by atoms with E-state index < -0.39 is 11.6 Å². The monoisotopic (exact) mass is 545 g/mol. The summed E-state index contributed by atoms with van der Waals surface area (Å²) in [7, 11) is 0. The molecule has 10 nitrogen and oxygen atoms in total. The number of hydrogen-bond acceptors (Lipinski definition) is 6. The Morgan fingerprint density at radius 3 is 2.59 bits per heavy atom. The largest absolute Gasteiger partial charge is 0.477 e. The molecule has 0 saturated heterocycles. The first kappa shape index (κ1) is 30.5. The number of ether oxygens (including phenoxy) is 2. The van der Waals surface area contributed by atoms with Crippen molar-refractivity contribution < 1.29 is 23.9 Å². The summed E-state index contributed by atoms with van der Waals surface area (Å²) in [4.78, 5) is 37.2. The Morgan fingerprint density at radius 1 is 1.18 bits per heavy atom. The summed E-state index contributed by atoms with van der Waals surface area (Å²) in [6, 6.07) is -0.125. The van der Waals surface area contributed by atoms with E-state index in [1.54, 1.807) is 10.9 Å². The minimum Gasteiger partial charge on any atom is -0.477 e. The zero-order valence-electron chi connectivity index (χ0n) is 24.4. The fourth-order valence-electron chi connectivity index (χ4n) is 5.74. The maximum Gasteiger partial charge on any atom is 0.404 e. The van der Waals surface area contributed by atoms with Crippen molar-refractivity contribution in [2.24, 2.45) is 35.3 Å². The van der Waals surface area contributed by atoms with Gasteiger partial charge < -0.3 is 25.8 Å². The molecule has 1 aromatic heterocycles. The van der Waals surface area contributed by atoms with Gasteiger partial charge >= 0.3 is 6.09 Å². The number of hydrogen-bond donors (Lipinski definition) is 3. The normalized spacial score (nSPS) is 23.2. The highest BCUT2D eigenvalue weighted by Gasteiger charge is 2.41. The van der Waals surface area contributed by atoms with Gasteiger partial charge in [0.05, 0.1) is 24.9 Å². The number of carbonyl (C=O) groups excluding carboxylic acids is 3. The Labute approximate surface area is 232 Å². The van der Waals surface area contributed by atoms with E-state index in [9.17, 15) is 14.4 Å². The van der Waals surface area contributed by atoms with Gasteiger partial charge in [0.2, 0.25) is 11.8 Å². The van der Waals surface area contributed by atoms with Gasteiger partial charge in [0.1, 0.15) is 5.56 Å². The number of amides is 3. The Hall–Kier alpha value is -3.04. The van der Waals surface area contributed by atoms with E-state index in [1.807, 2.05) is 47.6 Å². The molecule has 39 heavy (non-hydrogen) atoms. The third kappa shape index (κ3) is 9.00. The van der Waals surface area contributed by atoms with Gasteiger partial charge in [-0.05, 0) is 62.9 Å². The van der Waals surface area contributed by atoms with Crippen LogP contribution in [0.3, 0.4) is 0 Å². The van der Waals surface area contributed by atoms with Crippen molar-refractivity contribution in [3.8, 4) is 5.88 Å². The van der Waals surface area contributed by atoms with Gasteiger partial charge in [0.25, 0.3) is 5.91 Å². The van der Waals surface area contributed by atoms with Gasteiger partial charge in [-0.1, -0.05) is 40.5 Å². The molecule has 2 bridgehead atoms. The predicted octanol–water partition coefficient (Wildman–Crippen LogP) is 4.35. The van der Waals surface area contributed by atoms with Crippen LogP contribution in [0.15, 0.2) is 12.3 Å². The van der Waals surface area contributed by atoms with Gasteiger partial charge in [-0.2, -0.15) is 5.10 Å². The van der Waals surface area contributed by atoms with Crippen molar-refractivity contribution in [3.05, 3.63) is 17.8 Å². The summed E-state index contributed by atoms with van der Waals surface area (Å²) in [6.45, 7) is 12.5. The van der Waals surface area contributed by atoms with E-state index in [4.69, 9.17) is 15.2 Å². The maximum atomic E-state index is 13.6. The summed E-state index contributed by atoms with van der Waals surface area (Å²) >= 11 is 0. The molecule has 3 rings (SSSR count). The molecule has 2 aliphatic rings. The predicted molar refractivity (Wildman–Crippen MR) is 150 cm³/mol. The molecule has 4 N–H and O–H groups in total. The molecule has 2 saturated carbocycles. The molecule has 0 radical (unpaired) electrons. The van der Waals surface area contributed by atoms with Crippen LogP contribution in [-0.2, 0) is 9.53 Å². The molecule has 1 aromatic rings. The number of nitrogens with two attached hydrogens (primary N) is 1. The number of fused-ring (bicyclic) bond motifs is 2. The van der Waals surface area contributed by atoms with Crippen molar-refractivity contribution >= 4 is 24.1 Å². The third-order valence-electron chi connectivity index (χ3n) is 7.45. The lowest BCUT2D eigenvalue weighted by Gasteiger charge is -2.45. The molecule has 0 aromatic carbocycles. The molecule has 0 spiro atoms. The second-order valence-electron chi connectivity index (χ2n) is 12.6. The second-order valence-corrected chi connectivity index (χ2v) is 12.6. The van der Waals surface area contributed by atoms with Crippen molar-refractivity contribution in [2.45, 2.75) is 91.6 Å². The standard InChI is InChI=1S/C29H47N5O5/c1-18(2)12-24(35)33-29(5,6)10-11-34-27(38-16-19(3)4)23(15-31-34)26(36)32-25-21-9-7-8-20(13-21)14-22(25)17-39-28(30)37/h10-11,15,18-22,25H,7-9,12-14,16-17H2,1-6H3,(H2,30,37)(H,32,36)(H,33,35)/b11-10+/t20?,21?,22?,25-/m0/s1. The van der Waals surface area contributed by atoms with Crippen LogP contribution in [0.5, 0.6) is 5.88 Å². The quantitative estimate of drug-likeness (QED) is 0.357. The molecule has 10 heteroatoms. The fourth-order valence-corrected chi connectivity index (χ4v) is 5.74. The molecule has 3 amide bonds. The van der Waals surface area contributed by atoms with E-state index in [0.717, 1.165) is 25.7 Å². The first-order valence-electron chi connectivity index (χ1n) is 14.3. The van der Waals surface area contributed by atoms with E-state index in [2.05, 4.69) is 15.7 Å². The van der Waals surface area contributed by atoms with Crippen molar-refractivity contribution in [3.63, 3.8) is 0 Å². The first-order chi connectivity index (χ1) is 18.3. The fraction of sp³-hybridized carbons (Fsp3) is 0.724. The molecule has 1 heterocycles. The maximum absolute atomic E-state index is 13.6. The lowest BCUT2D eigenvalue weighted by atomic mass is 9.65. The van der Waals surface area contributed by atoms with Crippen LogP contribution >= 0.6 is 0 Å². The van der Waals surface area contributed by atoms with E-state index in [1.165, 1.54) is 12.6 Å². The average molecular weight is 546 g/mol. The molecule has 4 atom stereocenters. The van der Waals surface area contributed by atoms with Crippen LogP contribution in [0, 0.1) is 29.6 Å². The van der Waals surface area contributed by atoms with Crippen LogP contribution in [0.1, 0.15) is 90.4 Å². The topological polar surface area (TPSA) is 138 Å². The molecule has 3 unspecified atom stereocenters. The summed E-state index contributed by atoms with van der Waals surface area (Å²) in [6.07, 6.45) is 10.0. The van der Waals surface area contributed by atoms with Gasteiger partial charge in [-0.25, -0.2) is 9.48 Å². The second kappa shape index (κ2) is 13.3. The molecule has 218 valence electrons. The zero-order chi connectivity index (χ0) is 28.7. The summed E-state index contributed by atoms with van der Waals surface area (Å²) in [5.41, 5.74) is 4.96. The number of aromatic nitrogens is 2. The summed E-state index contributed by atoms with van der Waals surface area (Å²) in [5, 5.41) is 10.7. The van der Waals surface area contributed by atoms with E-state index in [0.29, 0.717) is 36.3 Å². The smallest absolute Gasteiger partial charge is 0.404 e. The highest BCUT2D eigenvalue weighted by molar-refractivity contribution is 5.96. The minimum absolute atomic E-state index is 0.00993. The molecule has 0 aliphatic heterocycles. The highest BCUT2D eigenvalue weighted by atomic mass is 16.5. The number of rotatable bonds is 12. The summed E-state index contributed by atoms with van der Waals surface area (Å²) in [5.74, 6) is 1.49. The molecule has 2 fully saturated rings. The average Bonchev–Trinajstić information content (AvgIpc) is 3.24. The van der Waals surface area contributed by atoms with Gasteiger partial charge in [-0.3, -0.25) is 9.59 Å². The van der Waals surface area contributed by atoms with Gasteiger partial charge in [0, 0.05) is 24.6 Å². The molecular formula is C29H47N5O5. The Bertz CT molecular complexity index is 1030. The van der Waals surface area contributed by atoms with Gasteiger partial charge in [0.15, 0.2) is 0 Å². The highest BCUT2D eigenvalue weighted by Crippen LogP contribution is 2.43. The van der Waals surface area contributed by atoms with Gasteiger partial charge in [-0.15, -0.1) is 0 Å².